The highest BCUT2D eigenvalue weighted by atomic mass is 16.6. The van der Waals surface area contributed by atoms with Gasteiger partial charge in [0.05, 0.1) is 27.4 Å². The lowest BCUT2D eigenvalue weighted by Crippen LogP contribution is -2.44. The third-order valence-electron chi connectivity index (χ3n) is 4.50. The van der Waals surface area contributed by atoms with E-state index in [1.807, 2.05) is 6.07 Å². The second-order valence-electron chi connectivity index (χ2n) is 6.17. The minimum atomic E-state index is -1.05. The number of hydrogen-bond donors (Lipinski definition) is 0. The second-order valence-corrected chi connectivity index (χ2v) is 6.17. The van der Waals surface area contributed by atoms with Gasteiger partial charge < -0.3 is 23.8 Å². The van der Waals surface area contributed by atoms with Gasteiger partial charge in [0.2, 0.25) is 6.10 Å². The minimum absolute atomic E-state index is 0.192. The number of esters is 1. The first-order chi connectivity index (χ1) is 13.7. The van der Waals surface area contributed by atoms with Crippen LogP contribution in [0.2, 0.25) is 0 Å². The molecule has 0 unspecified atom stereocenters. The number of rotatable bonds is 6. The predicted octanol–water partition coefficient (Wildman–Crippen LogP) is 2.46. The van der Waals surface area contributed by atoms with Crippen LogP contribution in [0.5, 0.6) is 11.5 Å². The van der Waals surface area contributed by atoms with Crippen LogP contribution in [0.4, 0.5) is 0 Å². The molecule has 1 fully saturated rings. The van der Waals surface area contributed by atoms with E-state index in [9.17, 15) is 9.59 Å². The molecule has 1 aliphatic rings. The first-order valence-electron chi connectivity index (χ1n) is 8.99. The first-order valence-corrected chi connectivity index (χ1v) is 8.99. The average molecular weight is 385 g/mol. The molecule has 148 valence electrons. The summed E-state index contributed by atoms with van der Waals surface area (Å²) < 4.78 is 21.5. The van der Waals surface area contributed by atoms with Gasteiger partial charge in [-0.15, -0.1) is 0 Å². The lowest BCUT2D eigenvalue weighted by atomic mass is 10.1. The summed E-state index contributed by atoms with van der Waals surface area (Å²) in [6.07, 6.45) is -1.05. The number of nitrogens with zero attached hydrogens (tertiary/aromatic N) is 1. The lowest BCUT2D eigenvalue weighted by molar-refractivity contribution is -0.145. The van der Waals surface area contributed by atoms with Crippen LogP contribution in [0.25, 0.3) is 0 Å². The van der Waals surface area contributed by atoms with E-state index in [0.717, 1.165) is 0 Å². The number of amides is 1. The number of morpholine rings is 1. The zero-order chi connectivity index (χ0) is 19.9. The van der Waals surface area contributed by atoms with Crippen molar-refractivity contribution < 1.29 is 28.5 Å². The Kier molecular flexibility index (Phi) is 6.49. The highest BCUT2D eigenvalue weighted by molar-refractivity contribution is 5.96. The molecule has 1 saturated heterocycles. The van der Waals surface area contributed by atoms with Crippen molar-refractivity contribution >= 4 is 11.9 Å². The summed E-state index contributed by atoms with van der Waals surface area (Å²) in [4.78, 5) is 27.6. The molecule has 7 nitrogen and oxygen atoms in total. The number of para-hydroxylation sites is 1. The molecule has 1 heterocycles. The molecule has 1 aliphatic heterocycles. The van der Waals surface area contributed by atoms with Gasteiger partial charge in [-0.3, -0.25) is 4.79 Å². The van der Waals surface area contributed by atoms with E-state index in [1.54, 1.807) is 47.4 Å². The van der Waals surface area contributed by atoms with Gasteiger partial charge in [0.15, 0.2) is 11.5 Å². The molecule has 0 saturated carbocycles. The van der Waals surface area contributed by atoms with E-state index in [1.165, 1.54) is 14.2 Å². The summed E-state index contributed by atoms with van der Waals surface area (Å²) in [7, 11) is 2.93. The first kappa shape index (κ1) is 19.7. The Bertz CT molecular complexity index is 817. The van der Waals surface area contributed by atoms with Crippen LogP contribution in [0, 0.1) is 0 Å². The van der Waals surface area contributed by atoms with Gasteiger partial charge in [-0.2, -0.15) is 0 Å². The Balaban J connectivity index is 1.89. The largest absolute Gasteiger partial charge is 0.493 e. The zero-order valence-electron chi connectivity index (χ0n) is 15.9. The molecule has 1 atom stereocenters. The molecule has 0 spiro atoms. The zero-order valence-corrected chi connectivity index (χ0v) is 15.9. The molecule has 28 heavy (non-hydrogen) atoms. The van der Waals surface area contributed by atoms with Crippen molar-refractivity contribution in [2.75, 3.05) is 40.5 Å². The maximum absolute atomic E-state index is 13.1. The summed E-state index contributed by atoms with van der Waals surface area (Å²) in [5.74, 6) is -0.260. The Morgan fingerprint density at radius 2 is 1.68 bits per heavy atom. The van der Waals surface area contributed by atoms with Gasteiger partial charge in [0.1, 0.15) is 5.56 Å². The Morgan fingerprint density at radius 3 is 2.32 bits per heavy atom. The van der Waals surface area contributed by atoms with Crippen LogP contribution in [0.1, 0.15) is 22.0 Å². The smallest absolute Gasteiger partial charge is 0.343 e. The molecule has 2 aromatic carbocycles. The van der Waals surface area contributed by atoms with Crippen molar-refractivity contribution in [2.45, 2.75) is 6.10 Å². The van der Waals surface area contributed by atoms with Crippen LogP contribution in [0.3, 0.4) is 0 Å². The number of carbonyl (C=O) groups is 2. The van der Waals surface area contributed by atoms with E-state index in [0.29, 0.717) is 37.6 Å². The Morgan fingerprint density at radius 1 is 0.964 bits per heavy atom. The summed E-state index contributed by atoms with van der Waals surface area (Å²) in [5.41, 5.74) is 0.798. The topological polar surface area (TPSA) is 74.3 Å². The van der Waals surface area contributed by atoms with Crippen molar-refractivity contribution in [3.63, 3.8) is 0 Å². The second kappa shape index (κ2) is 9.23. The van der Waals surface area contributed by atoms with Crippen molar-refractivity contribution in [3.8, 4) is 11.5 Å². The van der Waals surface area contributed by atoms with Gasteiger partial charge in [0, 0.05) is 18.7 Å². The maximum Gasteiger partial charge on any atom is 0.343 e. The molecule has 0 aliphatic carbocycles. The van der Waals surface area contributed by atoms with Crippen LogP contribution >= 0.6 is 0 Å². The molecule has 0 radical (unpaired) electrons. The molecule has 0 aromatic heterocycles. The molecule has 1 amide bonds. The summed E-state index contributed by atoms with van der Waals surface area (Å²) >= 11 is 0. The fourth-order valence-corrected chi connectivity index (χ4v) is 3.06. The SMILES string of the molecule is COc1cccc(C(=O)O[C@H](C(=O)N2CCOCC2)c2ccccc2)c1OC. The summed E-state index contributed by atoms with van der Waals surface area (Å²) in [6.45, 7) is 1.85. The minimum Gasteiger partial charge on any atom is -0.493 e. The van der Waals surface area contributed by atoms with Crippen molar-refractivity contribution in [1.29, 1.82) is 0 Å². The van der Waals surface area contributed by atoms with E-state index in [-0.39, 0.29) is 17.2 Å². The summed E-state index contributed by atoms with van der Waals surface area (Å²) in [6, 6.07) is 13.9. The van der Waals surface area contributed by atoms with Gasteiger partial charge in [-0.1, -0.05) is 36.4 Å². The van der Waals surface area contributed by atoms with Crippen LogP contribution in [-0.4, -0.2) is 57.3 Å². The Hall–Kier alpha value is -3.06. The maximum atomic E-state index is 13.1. The molecular formula is C21H23NO6. The number of carbonyl (C=O) groups excluding carboxylic acids is 2. The van der Waals surface area contributed by atoms with Crippen LogP contribution in [-0.2, 0) is 14.3 Å². The van der Waals surface area contributed by atoms with E-state index in [2.05, 4.69) is 0 Å². The van der Waals surface area contributed by atoms with Crippen molar-refractivity contribution in [1.82, 2.24) is 4.90 Å². The number of methoxy groups -OCH3 is 2. The molecule has 0 bridgehead atoms. The van der Waals surface area contributed by atoms with Gasteiger partial charge >= 0.3 is 5.97 Å². The Labute approximate surface area is 163 Å². The highest BCUT2D eigenvalue weighted by Gasteiger charge is 2.32. The predicted molar refractivity (Wildman–Crippen MR) is 102 cm³/mol. The van der Waals surface area contributed by atoms with Crippen LogP contribution in [0.15, 0.2) is 48.5 Å². The third kappa shape index (κ3) is 4.26. The van der Waals surface area contributed by atoms with Crippen molar-refractivity contribution in [3.05, 3.63) is 59.7 Å². The van der Waals surface area contributed by atoms with Crippen molar-refractivity contribution in [2.24, 2.45) is 0 Å². The summed E-state index contributed by atoms with van der Waals surface area (Å²) in [5, 5.41) is 0. The molecular weight excluding hydrogens is 362 g/mol. The van der Waals surface area contributed by atoms with E-state index < -0.39 is 12.1 Å². The standard InChI is InChI=1S/C21H23NO6/c1-25-17-10-6-9-16(19(17)26-2)21(24)28-18(15-7-4-3-5-8-15)20(23)22-11-13-27-14-12-22/h3-10,18H,11-14H2,1-2H3/t18-/m0/s1. The van der Waals surface area contributed by atoms with E-state index >= 15 is 0 Å². The fraction of sp³-hybridized carbons (Fsp3) is 0.333. The number of hydrogen-bond acceptors (Lipinski definition) is 6. The molecule has 0 N–H and O–H groups in total. The fourth-order valence-electron chi connectivity index (χ4n) is 3.06. The van der Waals surface area contributed by atoms with Gasteiger partial charge in [0.25, 0.3) is 5.91 Å². The van der Waals surface area contributed by atoms with Crippen LogP contribution < -0.4 is 9.47 Å². The monoisotopic (exact) mass is 385 g/mol. The molecule has 7 heteroatoms. The molecule has 3 rings (SSSR count). The van der Waals surface area contributed by atoms with Gasteiger partial charge in [-0.25, -0.2) is 4.79 Å². The number of ether oxygens (including phenoxy) is 4. The normalized spacial score (nSPS) is 14.9. The lowest BCUT2D eigenvalue weighted by Gasteiger charge is -2.30. The third-order valence-corrected chi connectivity index (χ3v) is 4.50. The highest BCUT2D eigenvalue weighted by Crippen LogP contribution is 2.32. The molecule has 2 aromatic rings. The van der Waals surface area contributed by atoms with Gasteiger partial charge in [-0.05, 0) is 12.1 Å². The number of benzene rings is 2. The quantitative estimate of drug-likeness (QED) is 0.711. The average Bonchev–Trinajstić information content (AvgIpc) is 2.77. The van der Waals surface area contributed by atoms with E-state index in [4.69, 9.17) is 18.9 Å².